The molecule has 1 aliphatic rings. The summed E-state index contributed by atoms with van der Waals surface area (Å²) in [6.07, 6.45) is -2.48. The van der Waals surface area contributed by atoms with Gasteiger partial charge in [-0.25, -0.2) is 4.39 Å². The third-order valence-corrected chi connectivity index (χ3v) is 5.38. The number of nitrogens with one attached hydrogen (secondary N) is 2. The Morgan fingerprint density at radius 3 is 2.38 bits per heavy atom. The summed E-state index contributed by atoms with van der Waals surface area (Å²) < 4.78 is 56.0. The van der Waals surface area contributed by atoms with Gasteiger partial charge in [-0.15, -0.1) is 13.2 Å². The van der Waals surface area contributed by atoms with Gasteiger partial charge >= 0.3 is 6.36 Å². The van der Waals surface area contributed by atoms with E-state index >= 15 is 0 Å². The molecule has 208 valence electrons. The minimum atomic E-state index is -4.85. The van der Waals surface area contributed by atoms with Crippen molar-refractivity contribution in [2.75, 3.05) is 6.61 Å². The summed E-state index contributed by atoms with van der Waals surface area (Å²) in [7, 11) is 0. The number of nitrogens with zero attached hydrogens (tertiary/aromatic N) is 1. The summed E-state index contributed by atoms with van der Waals surface area (Å²) in [5.74, 6) is -1.47. The maximum Gasteiger partial charge on any atom is 0.573 e. The van der Waals surface area contributed by atoms with Gasteiger partial charge in [0.05, 0.1) is 12.6 Å². The summed E-state index contributed by atoms with van der Waals surface area (Å²) in [6.45, 7) is 8.17. The molecular formula is C28H29F4N3O4. The molecule has 1 atom stereocenters. The van der Waals surface area contributed by atoms with Gasteiger partial charge in [0.2, 0.25) is 0 Å². The molecule has 0 aliphatic carbocycles. The molecule has 1 aliphatic heterocycles. The van der Waals surface area contributed by atoms with Crippen molar-refractivity contribution in [3.8, 4) is 11.5 Å². The summed E-state index contributed by atoms with van der Waals surface area (Å²) in [5.41, 5.74) is 2.27. The Morgan fingerprint density at radius 1 is 1.03 bits per heavy atom. The Morgan fingerprint density at radius 2 is 1.74 bits per heavy atom. The first kappa shape index (κ1) is 29.4. The zero-order chi connectivity index (χ0) is 28.8. The predicted octanol–water partition coefficient (Wildman–Crippen LogP) is 5.90. The van der Waals surface area contributed by atoms with Gasteiger partial charge in [-0.3, -0.25) is 14.6 Å². The number of carbonyl (C=O) groups is 2. The predicted molar refractivity (Wildman–Crippen MR) is 136 cm³/mol. The molecule has 39 heavy (non-hydrogen) atoms. The highest BCUT2D eigenvalue weighted by molar-refractivity contribution is 5.99. The van der Waals surface area contributed by atoms with Gasteiger partial charge in [0, 0.05) is 29.3 Å². The van der Waals surface area contributed by atoms with E-state index in [-0.39, 0.29) is 23.4 Å². The number of pyridine rings is 1. The number of ether oxygens (including phenoxy) is 2. The highest BCUT2D eigenvalue weighted by atomic mass is 19.4. The number of hydrogen-bond acceptors (Lipinski definition) is 5. The number of halogens is 4. The van der Waals surface area contributed by atoms with Gasteiger partial charge < -0.3 is 20.1 Å². The molecule has 0 spiro atoms. The molecule has 0 radical (unpaired) electrons. The van der Waals surface area contributed by atoms with Crippen molar-refractivity contribution in [1.82, 2.24) is 15.6 Å². The second-order valence-electron chi connectivity index (χ2n) is 9.76. The molecule has 7 nitrogen and oxygen atoms in total. The van der Waals surface area contributed by atoms with E-state index in [4.69, 9.17) is 4.74 Å². The van der Waals surface area contributed by atoms with E-state index in [0.717, 1.165) is 23.4 Å². The van der Waals surface area contributed by atoms with Gasteiger partial charge in [-0.2, -0.15) is 0 Å². The first-order chi connectivity index (χ1) is 18.2. The Hall–Kier alpha value is -4.15. The molecule has 2 heterocycles. The average Bonchev–Trinajstić information content (AvgIpc) is 2.84. The van der Waals surface area contributed by atoms with E-state index in [1.54, 1.807) is 24.4 Å². The van der Waals surface area contributed by atoms with E-state index < -0.39 is 17.9 Å². The van der Waals surface area contributed by atoms with E-state index in [9.17, 15) is 27.2 Å². The fourth-order valence-electron chi connectivity index (χ4n) is 3.71. The number of aromatic nitrogens is 1. The third kappa shape index (κ3) is 8.69. The van der Waals surface area contributed by atoms with E-state index in [2.05, 4.69) is 20.4 Å². The van der Waals surface area contributed by atoms with Crippen LogP contribution in [-0.2, 0) is 0 Å². The summed E-state index contributed by atoms with van der Waals surface area (Å²) in [4.78, 5) is 29.4. The van der Waals surface area contributed by atoms with Crippen LogP contribution >= 0.6 is 0 Å². The van der Waals surface area contributed by atoms with Crippen LogP contribution < -0.4 is 20.1 Å². The quantitative estimate of drug-likeness (QED) is 0.398. The van der Waals surface area contributed by atoms with E-state index in [0.29, 0.717) is 29.9 Å². The average molecular weight is 548 g/mol. The SMILES string of the molecule is Cc1cc(C(=O)NC2CCOc3cccnc32)ccc1C(=O)NC(C)(C)C.Fc1ccccc1OC(F)(F)F. The normalized spacial score (nSPS) is 14.6. The molecular weight excluding hydrogens is 518 g/mol. The van der Waals surface area contributed by atoms with Gasteiger partial charge in [-0.1, -0.05) is 12.1 Å². The first-order valence-corrected chi connectivity index (χ1v) is 12.1. The number of alkyl halides is 3. The van der Waals surface area contributed by atoms with Crippen molar-refractivity contribution in [3.63, 3.8) is 0 Å². The smallest absolute Gasteiger partial charge is 0.491 e. The van der Waals surface area contributed by atoms with Gasteiger partial charge in [0.25, 0.3) is 11.8 Å². The van der Waals surface area contributed by atoms with Crippen LogP contribution in [0, 0.1) is 12.7 Å². The summed E-state index contributed by atoms with van der Waals surface area (Å²) in [6, 6.07) is 12.9. The van der Waals surface area contributed by atoms with Crippen molar-refractivity contribution in [2.45, 2.75) is 52.1 Å². The second-order valence-corrected chi connectivity index (χ2v) is 9.76. The zero-order valence-corrected chi connectivity index (χ0v) is 21.9. The second kappa shape index (κ2) is 12.1. The first-order valence-electron chi connectivity index (χ1n) is 12.1. The lowest BCUT2D eigenvalue weighted by molar-refractivity contribution is -0.275. The highest BCUT2D eigenvalue weighted by Gasteiger charge is 2.32. The molecule has 3 aromatic rings. The van der Waals surface area contributed by atoms with Crippen molar-refractivity contribution < 1.29 is 36.6 Å². The number of fused-ring (bicyclic) bond motifs is 1. The Balaban J connectivity index is 0.000000293. The monoisotopic (exact) mass is 547 g/mol. The number of rotatable bonds is 4. The zero-order valence-electron chi connectivity index (χ0n) is 21.9. The molecule has 2 amide bonds. The number of aryl methyl sites for hydroxylation is 1. The van der Waals surface area contributed by atoms with Crippen molar-refractivity contribution in [3.05, 3.63) is 89.0 Å². The number of hydrogen-bond donors (Lipinski definition) is 2. The van der Waals surface area contributed by atoms with E-state index in [1.165, 1.54) is 12.1 Å². The third-order valence-electron chi connectivity index (χ3n) is 5.38. The maximum absolute atomic E-state index is 12.7. The van der Waals surface area contributed by atoms with Crippen LogP contribution in [0.15, 0.2) is 60.8 Å². The lowest BCUT2D eigenvalue weighted by atomic mass is 10.0. The van der Waals surface area contributed by atoms with Crippen LogP contribution in [0.3, 0.4) is 0 Å². The molecule has 0 saturated heterocycles. The summed E-state index contributed by atoms with van der Waals surface area (Å²) in [5, 5.41) is 5.96. The number of para-hydroxylation sites is 1. The lowest BCUT2D eigenvalue weighted by Gasteiger charge is -2.25. The van der Waals surface area contributed by atoms with Crippen molar-refractivity contribution in [2.24, 2.45) is 0 Å². The van der Waals surface area contributed by atoms with Gasteiger partial charge in [0.15, 0.2) is 11.6 Å². The molecule has 2 aromatic carbocycles. The minimum Gasteiger partial charge on any atom is -0.491 e. The van der Waals surface area contributed by atoms with Crippen LogP contribution in [0.4, 0.5) is 17.6 Å². The van der Waals surface area contributed by atoms with Crippen LogP contribution in [0.2, 0.25) is 0 Å². The summed E-state index contributed by atoms with van der Waals surface area (Å²) >= 11 is 0. The molecule has 1 unspecified atom stereocenters. The van der Waals surface area contributed by atoms with Gasteiger partial charge in [0.1, 0.15) is 11.4 Å². The lowest BCUT2D eigenvalue weighted by Crippen LogP contribution is -2.40. The van der Waals surface area contributed by atoms with Crippen molar-refractivity contribution >= 4 is 11.8 Å². The topological polar surface area (TPSA) is 89.5 Å². The molecule has 2 N–H and O–H groups in total. The van der Waals surface area contributed by atoms with Crippen LogP contribution in [0.5, 0.6) is 11.5 Å². The molecule has 1 aromatic heterocycles. The van der Waals surface area contributed by atoms with Gasteiger partial charge in [-0.05, 0) is 75.7 Å². The largest absolute Gasteiger partial charge is 0.573 e. The van der Waals surface area contributed by atoms with Crippen LogP contribution in [0.25, 0.3) is 0 Å². The molecule has 4 rings (SSSR count). The number of amides is 2. The fraction of sp³-hybridized carbons (Fsp3) is 0.321. The molecule has 0 bridgehead atoms. The maximum atomic E-state index is 12.7. The number of benzene rings is 2. The fourth-order valence-corrected chi connectivity index (χ4v) is 3.71. The van der Waals surface area contributed by atoms with Crippen molar-refractivity contribution in [1.29, 1.82) is 0 Å². The van der Waals surface area contributed by atoms with Crippen LogP contribution in [0.1, 0.15) is 65.2 Å². The Labute approximate surface area is 223 Å². The highest BCUT2D eigenvalue weighted by Crippen LogP contribution is 2.30. The standard InChI is InChI=1S/C21H25N3O3.C7H4F4O/c1-13-12-14(7-8-15(13)20(26)24-21(2,3)4)19(25)23-16-9-11-27-17-6-5-10-22-18(16)17;8-5-3-1-2-4-6(5)12-7(9,10)11/h5-8,10,12,16H,9,11H2,1-4H3,(H,23,25)(H,24,26);1-4H. The Bertz CT molecular complexity index is 1320. The molecule has 0 fully saturated rings. The Kier molecular flexibility index (Phi) is 9.15. The molecule has 11 heteroatoms. The number of carbonyl (C=O) groups excluding carboxylic acids is 2. The minimum absolute atomic E-state index is 0.144. The molecule has 0 saturated carbocycles. The van der Waals surface area contributed by atoms with Crippen LogP contribution in [-0.4, -0.2) is 35.3 Å². The van der Waals surface area contributed by atoms with E-state index in [1.807, 2.05) is 39.8 Å².